The van der Waals surface area contributed by atoms with E-state index < -0.39 is 0 Å². The van der Waals surface area contributed by atoms with Gasteiger partial charge in [-0.2, -0.15) is 0 Å². The molecule has 4 heterocycles. The lowest BCUT2D eigenvalue weighted by Gasteiger charge is -2.40. The van der Waals surface area contributed by atoms with Crippen LogP contribution in [0.4, 0.5) is 5.69 Å². The van der Waals surface area contributed by atoms with Crippen LogP contribution in [-0.2, 0) is 17.7 Å². The van der Waals surface area contributed by atoms with Crippen LogP contribution in [0, 0.1) is 13.8 Å². The smallest absolute Gasteiger partial charge is 0.253 e. The van der Waals surface area contributed by atoms with E-state index in [2.05, 4.69) is 81.4 Å². The van der Waals surface area contributed by atoms with Crippen molar-refractivity contribution in [3.63, 3.8) is 0 Å². The highest BCUT2D eigenvalue weighted by Gasteiger charge is 2.33. The van der Waals surface area contributed by atoms with Crippen LogP contribution < -0.4 is 10.5 Å². The van der Waals surface area contributed by atoms with E-state index >= 15 is 0 Å². The fourth-order valence-electron chi connectivity index (χ4n) is 5.99. The van der Waals surface area contributed by atoms with Gasteiger partial charge in [0.1, 0.15) is 6.04 Å². The standard InChI is InChI=1S/C30H37N7O2/c1-4-22-9-10-26-23(17-22)18-25(30(38)31-26)28(29-32-33-34-37(29)19-24-6-5-15-39-24)36-13-11-35(12-14-36)27-16-20(2)7-8-21(27)3/h7-10,16-18,24,28H,4-6,11-15,19H2,1-3H3,(H,31,38)/t24-,28-/m1/s1. The molecule has 9 heteroatoms. The minimum atomic E-state index is -0.361. The molecule has 2 aromatic heterocycles. The minimum Gasteiger partial charge on any atom is -0.376 e. The Kier molecular flexibility index (Phi) is 7.18. The molecule has 0 unspecified atom stereocenters. The first kappa shape index (κ1) is 25.7. The summed E-state index contributed by atoms with van der Waals surface area (Å²) >= 11 is 0. The Hall–Kier alpha value is -3.56. The van der Waals surface area contributed by atoms with Crippen LogP contribution in [0.15, 0.2) is 47.3 Å². The number of aryl methyl sites for hydroxylation is 3. The van der Waals surface area contributed by atoms with Crippen molar-refractivity contribution in [3.8, 4) is 0 Å². The zero-order valence-corrected chi connectivity index (χ0v) is 23.1. The largest absolute Gasteiger partial charge is 0.376 e. The van der Waals surface area contributed by atoms with Crippen molar-refractivity contribution in [2.24, 2.45) is 0 Å². The molecule has 2 aliphatic rings. The summed E-state index contributed by atoms with van der Waals surface area (Å²) in [5.41, 5.74) is 6.49. The van der Waals surface area contributed by atoms with Crippen LogP contribution in [0.25, 0.3) is 10.9 Å². The second kappa shape index (κ2) is 10.9. The molecule has 2 aromatic carbocycles. The van der Waals surface area contributed by atoms with E-state index in [1.54, 1.807) is 0 Å². The lowest BCUT2D eigenvalue weighted by molar-refractivity contribution is 0.0906. The van der Waals surface area contributed by atoms with E-state index in [-0.39, 0.29) is 17.7 Å². The number of aromatic amines is 1. The van der Waals surface area contributed by atoms with Crippen LogP contribution in [0.5, 0.6) is 0 Å². The number of H-pyrrole nitrogens is 1. The van der Waals surface area contributed by atoms with Crippen molar-refractivity contribution in [1.29, 1.82) is 0 Å². The van der Waals surface area contributed by atoms with Crippen LogP contribution in [-0.4, -0.2) is 69.0 Å². The summed E-state index contributed by atoms with van der Waals surface area (Å²) in [5, 5.41) is 14.0. The molecule has 2 saturated heterocycles. The summed E-state index contributed by atoms with van der Waals surface area (Å²) in [5.74, 6) is 0.696. The molecular formula is C30H37N7O2. The monoisotopic (exact) mass is 527 g/mol. The van der Waals surface area contributed by atoms with Gasteiger partial charge in [0.2, 0.25) is 0 Å². The molecule has 0 amide bonds. The van der Waals surface area contributed by atoms with E-state index in [1.165, 1.54) is 22.4 Å². The minimum absolute atomic E-state index is 0.0936. The maximum absolute atomic E-state index is 13.6. The Balaban J connectivity index is 1.37. The third-order valence-corrected chi connectivity index (χ3v) is 8.23. The van der Waals surface area contributed by atoms with E-state index in [1.807, 2.05) is 16.8 Å². The summed E-state index contributed by atoms with van der Waals surface area (Å²) in [7, 11) is 0. The number of nitrogens with zero attached hydrogens (tertiary/aromatic N) is 6. The normalized spacial score (nSPS) is 19.2. The predicted molar refractivity (Wildman–Crippen MR) is 152 cm³/mol. The zero-order chi connectivity index (χ0) is 26.9. The third kappa shape index (κ3) is 5.21. The lowest BCUT2D eigenvalue weighted by atomic mass is 10.0. The second-order valence-corrected chi connectivity index (χ2v) is 10.9. The zero-order valence-electron chi connectivity index (χ0n) is 23.1. The summed E-state index contributed by atoms with van der Waals surface area (Å²) in [6, 6.07) is 14.5. The Morgan fingerprint density at radius 2 is 1.92 bits per heavy atom. The quantitative estimate of drug-likeness (QED) is 0.391. The van der Waals surface area contributed by atoms with Gasteiger partial charge in [-0.05, 0) is 89.9 Å². The molecular weight excluding hydrogens is 490 g/mol. The third-order valence-electron chi connectivity index (χ3n) is 8.23. The topological polar surface area (TPSA) is 92.2 Å². The Labute approximate surface area is 228 Å². The SMILES string of the molecule is CCc1ccc2[nH]c(=O)c([C@H](c3nnnn3C[C@H]3CCCO3)N3CCN(c4cc(C)ccc4C)CC3)cc2c1. The number of nitrogens with one attached hydrogen (secondary N) is 1. The van der Waals surface area contributed by atoms with E-state index in [0.29, 0.717) is 17.9 Å². The van der Waals surface area contributed by atoms with Crippen molar-refractivity contribution in [2.75, 3.05) is 37.7 Å². The maximum Gasteiger partial charge on any atom is 0.253 e. The Bertz CT molecular complexity index is 1510. The molecule has 6 rings (SSSR count). The van der Waals surface area contributed by atoms with Gasteiger partial charge in [-0.15, -0.1) is 5.10 Å². The van der Waals surface area contributed by atoms with E-state index in [9.17, 15) is 4.79 Å². The van der Waals surface area contributed by atoms with Gasteiger partial charge in [0, 0.05) is 49.6 Å². The summed E-state index contributed by atoms with van der Waals surface area (Å²) < 4.78 is 7.75. The van der Waals surface area contributed by atoms with E-state index in [0.717, 1.165) is 63.0 Å². The number of fused-ring (bicyclic) bond motifs is 1. The molecule has 204 valence electrons. The first-order chi connectivity index (χ1) is 19.0. The van der Waals surface area contributed by atoms with Crippen molar-refractivity contribution in [2.45, 2.75) is 58.7 Å². The van der Waals surface area contributed by atoms with Gasteiger partial charge in [0.05, 0.1) is 12.6 Å². The molecule has 0 aliphatic carbocycles. The molecule has 2 aliphatic heterocycles. The number of hydrogen-bond donors (Lipinski definition) is 1. The van der Waals surface area contributed by atoms with Gasteiger partial charge in [0.15, 0.2) is 5.82 Å². The van der Waals surface area contributed by atoms with Crippen molar-refractivity contribution >= 4 is 16.6 Å². The number of hydrogen-bond acceptors (Lipinski definition) is 7. The summed E-state index contributed by atoms with van der Waals surface area (Å²) in [4.78, 5) is 21.5. The number of piperazine rings is 1. The number of pyridine rings is 1. The highest BCUT2D eigenvalue weighted by atomic mass is 16.5. The Morgan fingerprint density at radius 1 is 1.08 bits per heavy atom. The molecule has 1 N–H and O–H groups in total. The van der Waals surface area contributed by atoms with Crippen LogP contribution in [0.3, 0.4) is 0 Å². The van der Waals surface area contributed by atoms with Crippen molar-refractivity contribution in [3.05, 3.63) is 80.9 Å². The summed E-state index contributed by atoms with van der Waals surface area (Å²) in [6.07, 6.45) is 3.08. The molecule has 0 spiro atoms. The maximum atomic E-state index is 13.6. The predicted octanol–water partition coefficient (Wildman–Crippen LogP) is 3.78. The van der Waals surface area contributed by atoms with Crippen molar-refractivity contribution in [1.82, 2.24) is 30.1 Å². The molecule has 0 saturated carbocycles. The highest BCUT2D eigenvalue weighted by molar-refractivity contribution is 5.80. The number of benzene rings is 2. The molecule has 39 heavy (non-hydrogen) atoms. The Morgan fingerprint density at radius 3 is 2.69 bits per heavy atom. The average Bonchev–Trinajstić information content (AvgIpc) is 3.63. The molecule has 0 bridgehead atoms. The molecule has 4 aromatic rings. The number of aromatic nitrogens is 5. The number of ether oxygens (including phenoxy) is 1. The molecule has 9 nitrogen and oxygen atoms in total. The van der Waals surface area contributed by atoms with Gasteiger partial charge < -0.3 is 14.6 Å². The van der Waals surface area contributed by atoms with Gasteiger partial charge in [-0.25, -0.2) is 4.68 Å². The molecule has 2 fully saturated rings. The van der Waals surface area contributed by atoms with E-state index in [4.69, 9.17) is 4.74 Å². The van der Waals surface area contributed by atoms with Gasteiger partial charge >= 0.3 is 0 Å². The van der Waals surface area contributed by atoms with Gasteiger partial charge in [-0.3, -0.25) is 9.69 Å². The number of rotatable bonds is 7. The lowest BCUT2D eigenvalue weighted by Crippen LogP contribution is -2.49. The average molecular weight is 528 g/mol. The van der Waals surface area contributed by atoms with Gasteiger partial charge in [0.25, 0.3) is 5.56 Å². The first-order valence-corrected chi connectivity index (χ1v) is 14.1. The fraction of sp³-hybridized carbons (Fsp3) is 0.467. The second-order valence-electron chi connectivity index (χ2n) is 10.9. The first-order valence-electron chi connectivity index (χ1n) is 14.1. The fourth-order valence-corrected chi connectivity index (χ4v) is 5.99. The van der Waals surface area contributed by atoms with Crippen LogP contribution in [0.2, 0.25) is 0 Å². The van der Waals surface area contributed by atoms with Crippen molar-refractivity contribution < 1.29 is 4.74 Å². The number of anilines is 1. The number of tetrazole rings is 1. The van der Waals surface area contributed by atoms with Crippen LogP contribution in [0.1, 0.15) is 53.9 Å². The highest BCUT2D eigenvalue weighted by Crippen LogP contribution is 2.30. The van der Waals surface area contributed by atoms with Crippen LogP contribution >= 0.6 is 0 Å². The molecule has 2 atom stereocenters. The molecule has 0 radical (unpaired) electrons. The van der Waals surface area contributed by atoms with Gasteiger partial charge in [-0.1, -0.05) is 25.1 Å². The summed E-state index contributed by atoms with van der Waals surface area (Å²) in [6.45, 7) is 11.1.